The predicted molar refractivity (Wildman–Crippen MR) is 46.3 cm³/mol. The first-order valence-electron chi connectivity index (χ1n) is 3.20. The molecule has 0 aromatic carbocycles. The number of nitrogen functional groups attached to an aromatic ring is 1. The number of rotatable bonds is 1. The van der Waals surface area contributed by atoms with Gasteiger partial charge >= 0.3 is 0 Å². The Balaban J connectivity index is 2.45. The number of H-pyrrole nitrogens is 1. The Bertz CT molecular complexity index is 336. The molecule has 0 saturated carbocycles. The van der Waals surface area contributed by atoms with Crippen molar-refractivity contribution in [2.24, 2.45) is 0 Å². The fourth-order valence-corrected chi connectivity index (χ4v) is 1.48. The van der Waals surface area contributed by atoms with Crippen molar-refractivity contribution in [3.63, 3.8) is 0 Å². The third-order valence-corrected chi connectivity index (χ3v) is 2.09. The van der Waals surface area contributed by atoms with Crippen molar-refractivity contribution in [1.29, 1.82) is 0 Å². The second-order valence-corrected chi connectivity index (χ2v) is 3.06. The number of hydrogen-bond acceptors (Lipinski definition) is 3. The van der Waals surface area contributed by atoms with Gasteiger partial charge in [-0.25, -0.2) is 4.98 Å². The lowest BCUT2D eigenvalue weighted by atomic mass is 10.3. The molecule has 0 unspecified atom stereocenters. The van der Waals surface area contributed by atoms with Gasteiger partial charge < -0.3 is 10.7 Å². The van der Waals surface area contributed by atoms with Crippen molar-refractivity contribution in [2.75, 3.05) is 5.73 Å². The Morgan fingerprint density at radius 3 is 3.00 bits per heavy atom. The van der Waals surface area contributed by atoms with E-state index in [0.29, 0.717) is 5.13 Å². The van der Waals surface area contributed by atoms with E-state index in [1.165, 1.54) is 11.3 Å². The van der Waals surface area contributed by atoms with Crippen LogP contribution >= 0.6 is 11.3 Å². The molecular formula is C7H7N3S. The molecule has 0 atom stereocenters. The SMILES string of the molecule is Nc1nc(-c2cc[nH]c2)cs1. The lowest BCUT2D eigenvalue weighted by Gasteiger charge is -1.85. The second-order valence-electron chi connectivity index (χ2n) is 2.17. The molecule has 0 aliphatic carbocycles. The molecule has 0 amide bonds. The molecule has 2 rings (SSSR count). The highest BCUT2D eigenvalue weighted by Gasteiger charge is 2.00. The number of nitrogens with one attached hydrogen (secondary N) is 1. The molecule has 4 heteroatoms. The van der Waals surface area contributed by atoms with E-state index in [2.05, 4.69) is 9.97 Å². The lowest BCUT2D eigenvalue weighted by molar-refractivity contribution is 1.39. The zero-order valence-electron chi connectivity index (χ0n) is 5.74. The minimum absolute atomic E-state index is 0.612. The molecular weight excluding hydrogens is 158 g/mol. The van der Waals surface area contributed by atoms with Crippen molar-refractivity contribution in [3.05, 3.63) is 23.8 Å². The highest BCUT2D eigenvalue weighted by Crippen LogP contribution is 2.21. The second kappa shape index (κ2) is 2.39. The molecule has 11 heavy (non-hydrogen) atoms. The third-order valence-electron chi connectivity index (χ3n) is 1.42. The van der Waals surface area contributed by atoms with Crippen LogP contribution in [0.1, 0.15) is 0 Å². The lowest BCUT2D eigenvalue weighted by Crippen LogP contribution is -1.81. The quantitative estimate of drug-likeness (QED) is 0.676. The van der Waals surface area contributed by atoms with Gasteiger partial charge in [-0.15, -0.1) is 11.3 Å². The fraction of sp³-hybridized carbons (Fsp3) is 0. The summed E-state index contributed by atoms with van der Waals surface area (Å²) >= 11 is 1.46. The van der Waals surface area contributed by atoms with Crippen LogP contribution < -0.4 is 5.73 Å². The van der Waals surface area contributed by atoms with Crippen LogP contribution in [0.2, 0.25) is 0 Å². The van der Waals surface area contributed by atoms with E-state index >= 15 is 0 Å². The van der Waals surface area contributed by atoms with E-state index in [1.807, 2.05) is 23.8 Å². The van der Waals surface area contributed by atoms with E-state index in [0.717, 1.165) is 11.3 Å². The smallest absolute Gasteiger partial charge is 0.180 e. The van der Waals surface area contributed by atoms with Gasteiger partial charge in [0.15, 0.2) is 5.13 Å². The van der Waals surface area contributed by atoms with Crippen LogP contribution in [0.3, 0.4) is 0 Å². The summed E-state index contributed by atoms with van der Waals surface area (Å²) < 4.78 is 0. The van der Waals surface area contributed by atoms with Crippen LogP contribution in [-0.4, -0.2) is 9.97 Å². The van der Waals surface area contributed by atoms with Gasteiger partial charge in [0, 0.05) is 23.3 Å². The van der Waals surface area contributed by atoms with E-state index in [4.69, 9.17) is 5.73 Å². The fourth-order valence-electron chi connectivity index (χ4n) is 0.903. The number of anilines is 1. The normalized spacial score (nSPS) is 10.2. The highest BCUT2D eigenvalue weighted by atomic mass is 32.1. The summed E-state index contributed by atoms with van der Waals surface area (Å²) in [5, 5.41) is 2.56. The summed E-state index contributed by atoms with van der Waals surface area (Å²) in [4.78, 5) is 7.09. The van der Waals surface area contributed by atoms with Crippen molar-refractivity contribution in [1.82, 2.24) is 9.97 Å². The Morgan fingerprint density at radius 2 is 2.45 bits per heavy atom. The van der Waals surface area contributed by atoms with Gasteiger partial charge in [0.2, 0.25) is 0 Å². The Morgan fingerprint density at radius 1 is 1.55 bits per heavy atom. The summed E-state index contributed by atoms with van der Waals surface area (Å²) in [6, 6.07) is 1.97. The number of nitrogens with zero attached hydrogens (tertiary/aromatic N) is 1. The zero-order chi connectivity index (χ0) is 7.68. The number of thiazole rings is 1. The van der Waals surface area contributed by atoms with Gasteiger partial charge in [-0.3, -0.25) is 0 Å². The van der Waals surface area contributed by atoms with Gasteiger partial charge in [0.05, 0.1) is 5.69 Å². The number of aromatic nitrogens is 2. The molecule has 2 aromatic rings. The monoisotopic (exact) mass is 165 g/mol. The van der Waals surface area contributed by atoms with Crippen LogP contribution in [0, 0.1) is 0 Å². The molecule has 0 spiro atoms. The maximum absolute atomic E-state index is 5.48. The maximum Gasteiger partial charge on any atom is 0.180 e. The molecule has 0 aliphatic rings. The van der Waals surface area contributed by atoms with Crippen molar-refractivity contribution in [2.45, 2.75) is 0 Å². The molecule has 3 nitrogen and oxygen atoms in total. The summed E-state index contributed by atoms with van der Waals surface area (Å²) in [6.45, 7) is 0. The topological polar surface area (TPSA) is 54.7 Å². The first-order chi connectivity index (χ1) is 5.36. The van der Waals surface area contributed by atoms with Crippen molar-refractivity contribution in [3.8, 4) is 11.3 Å². The Hall–Kier alpha value is -1.29. The maximum atomic E-state index is 5.48. The molecule has 0 radical (unpaired) electrons. The molecule has 0 saturated heterocycles. The van der Waals surface area contributed by atoms with Gasteiger partial charge in [-0.1, -0.05) is 0 Å². The summed E-state index contributed by atoms with van der Waals surface area (Å²) in [5.74, 6) is 0. The average molecular weight is 165 g/mol. The van der Waals surface area contributed by atoms with Crippen molar-refractivity contribution < 1.29 is 0 Å². The Labute approximate surface area is 67.9 Å². The summed E-state index contributed by atoms with van der Waals surface area (Å²) in [6.07, 6.45) is 3.76. The largest absolute Gasteiger partial charge is 0.375 e. The van der Waals surface area contributed by atoms with Gasteiger partial charge in [0.25, 0.3) is 0 Å². The number of aromatic amines is 1. The molecule has 0 aliphatic heterocycles. The van der Waals surface area contributed by atoms with Gasteiger partial charge in [-0.05, 0) is 6.07 Å². The molecule has 56 valence electrons. The molecule has 0 fully saturated rings. The van der Waals surface area contributed by atoms with Gasteiger partial charge in [0.1, 0.15) is 0 Å². The minimum Gasteiger partial charge on any atom is -0.375 e. The highest BCUT2D eigenvalue weighted by molar-refractivity contribution is 7.13. The Kier molecular flexibility index (Phi) is 1.40. The van der Waals surface area contributed by atoms with E-state index < -0.39 is 0 Å². The summed E-state index contributed by atoms with van der Waals surface area (Å²) in [7, 11) is 0. The van der Waals surface area contributed by atoms with Crippen LogP contribution in [0.4, 0.5) is 5.13 Å². The van der Waals surface area contributed by atoms with E-state index in [1.54, 1.807) is 0 Å². The standard InChI is InChI=1S/C7H7N3S/c8-7-10-6(4-11-7)5-1-2-9-3-5/h1-4,9H,(H2,8,10). The number of hydrogen-bond donors (Lipinski definition) is 2. The van der Waals surface area contributed by atoms with Crippen molar-refractivity contribution >= 4 is 16.5 Å². The van der Waals surface area contributed by atoms with E-state index in [9.17, 15) is 0 Å². The predicted octanol–water partition coefficient (Wildman–Crippen LogP) is 1.72. The zero-order valence-corrected chi connectivity index (χ0v) is 6.56. The molecule has 3 N–H and O–H groups in total. The third kappa shape index (κ3) is 1.12. The molecule has 2 heterocycles. The first-order valence-corrected chi connectivity index (χ1v) is 4.08. The minimum atomic E-state index is 0.612. The first kappa shape index (κ1) is 6.42. The summed E-state index contributed by atoms with van der Waals surface area (Å²) in [5.41, 5.74) is 7.50. The number of nitrogens with two attached hydrogens (primary N) is 1. The molecule has 2 aromatic heterocycles. The average Bonchev–Trinajstić information content (AvgIpc) is 2.55. The van der Waals surface area contributed by atoms with Crippen LogP contribution in [0.5, 0.6) is 0 Å². The van der Waals surface area contributed by atoms with Crippen LogP contribution in [-0.2, 0) is 0 Å². The van der Waals surface area contributed by atoms with Crippen LogP contribution in [0.15, 0.2) is 23.8 Å². The van der Waals surface area contributed by atoms with Crippen LogP contribution in [0.25, 0.3) is 11.3 Å². The van der Waals surface area contributed by atoms with Gasteiger partial charge in [-0.2, -0.15) is 0 Å². The molecule has 0 bridgehead atoms. The van der Waals surface area contributed by atoms with E-state index in [-0.39, 0.29) is 0 Å².